The first kappa shape index (κ1) is 19.5. The van der Waals surface area contributed by atoms with Gasteiger partial charge in [-0.05, 0) is 30.5 Å². The minimum absolute atomic E-state index is 0.0575. The van der Waals surface area contributed by atoms with Gasteiger partial charge in [-0.25, -0.2) is 0 Å². The second-order valence-electron chi connectivity index (χ2n) is 6.80. The molecular formula is C17H25ClN2O3. The fourth-order valence-corrected chi connectivity index (χ4v) is 2.58. The smallest absolute Gasteiger partial charge is 0.313 e. The van der Waals surface area contributed by atoms with Crippen LogP contribution in [0.2, 0.25) is 5.02 Å². The Bertz CT molecular complexity index is 585. The molecule has 0 heterocycles. The molecule has 0 radical (unpaired) electrons. The number of hydrogen-bond donors (Lipinski definition) is 3. The lowest BCUT2D eigenvalue weighted by Crippen LogP contribution is -2.46. The van der Waals surface area contributed by atoms with E-state index in [4.69, 9.17) is 11.6 Å². The third kappa shape index (κ3) is 5.52. The number of carbonyl (C=O) groups excluding carboxylic acids is 2. The molecule has 23 heavy (non-hydrogen) atoms. The summed E-state index contributed by atoms with van der Waals surface area (Å²) in [6.07, 6.45) is -0.586. The molecule has 6 heteroatoms. The number of halogens is 1. The minimum atomic E-state index is -0.786. The van der Waals surface area contributed by atoms with Gasteiger partial charge in [-0.1, -0.05) is 45.4 Å². The van der Waals surface area contributed by atoms with E-state index in [2.05, 4.69) is 10.6 Å². The van der Waals surface area contributed by atoms with Crippen LogP contribution in [-0.2, 0) is 9.59 Å². The van der Waals surface area contributed by atoms with E-state index in [0.717, 1.165) is 5.56 Å². The van der Waals surface area contributed by atoms with Gasteiger partial charge in [-0.15, -0.1) is 0 Å². The van der Waals surface area contributed by atoms with Gasteiger partial charge in [-0.3, -0.25) is 9.59 Å². The fraction of sp³-hybridized carbons (Fsp3) is 0.529. The number of aliphatic hydroxyl groups is 1. The lowest BCUT2D eigenvalue weighted by atomic mass is 9.81. The molecule has 0 aliphatic carbocycles. The molecule has 0 saturated heterocycles. The van der Waals surface area contributed by atoms with Crippen molar-refractivity contribution >= 4 is 29.1 Å². The van der Waals surface area contributed by atoms with Gasteiger partial charge in [-0.2, -0.15) is 0 Å². The van der Waals surface area contributed by atoms with E-state index in [-0.39, 0.29) is 12.5 Å². The Morgan fingerprint density at radius 3 is 2.39 bits per heavy atom. The molecule has 0 aliphatic rings. The van der Waals surface area contributed by atoms with Crippen molar-refractivity contribution in [2.24, 2.45) is 11.3 Å². The highest BCUT2D eigenvalue weighted by Gasteiger charge is 2.31. The molecule has 0 bridgehead atoms. The van der Waals surface area contributed by atoms with E-state index >= 15 is 0 Å². The SMILES string of the molecule is Cc1ccc(NC(=O)C(=O)NCC(C)(C)C(O)C(C)C)c(Cl)c1. The number of nitrogens with one attached hydrogen (secondary N) is 2. The molecule has 1 atom stereocenters. The number of benzene rings is 1. The zero-order valence-corrected chi connectivity index (χ0v) is 15.0. The first-order chi connectivity index (χ1) is 10.5. The molecule has 1 aromatic rings. The van der Waals surface area contributed by atoms with Gasteiger partial charge in [0.05, 0.1) is 16.8 Å². The Kier molecular flexibility index (Phi) is 6.59. The topological polar surface area (TPSA) is 78.4 Å². The summed E-state index contributed by atoms with van der Waals surface area (Å²) < 4.78 is 0. The zero-order chi connectivity index (χ0) is 17.8. The maximum absolute atomic E-state index is 11.9. The highest BCUT2D eigenvalue weighted by atomic mass is 35.5. The second-order valence-corrected chi connectivity index (χ2v) is 7.20. The van der Waals surface area contributed by atoms with E-state index in [0.29, 0.717) is 10.7 Å². The lowest BCUT2D eigenvalue weighted by Gasteiger charge is -2.33. The third-order valence-electron chi connectivity index (χ3n) is 3.72. The Labute approximate surface area is 142 Å². The van der Waals surface area contributed by atoms with Gasteiger partial charge >= 0.3 is 11.8 Å². The van der Waals surface area contributed by atoms with E-state index < -0.39 is 23.3 Å². The first-order valence-corrected chi connectivity index (χ1v) is 7.96. The molecule has 0 saturated carbocycles. The Morgan fingerprint density at radius 1 is 1.26 bits per heavy atom. The third-order valence-corrected chi connectivity index (χ3v) is 4.03. The zero-order valence-electron chi connectivity index (χ0n) is 14.2. The summed E-state index contributed by atoms with van der Waals surface area (Å²) in [7, 11) is 0. The summed E-state index contributed by atoms with van der Waals surface area (Å²) in [5, 5.41) is 15.5. The molecule has 5 nitrogen and oxygen atoms in total. The average molecular weight is 341 g/mol. The molecule has 1 unspecified atom stereocenters. The van der Waals surface area contributed by atoms with Gasteiger partial charge in [0.2, 0.25) is 0 Å². The predicted molar refractivity (Wildman–Crippen MR) is 92.5 cm³/mol. The highest BCUT2D eigenvalue weighted by molar-refractivity contribution is 6.41. The van der Waals surface area contributed by atoms with Crippen LogP contribution in [-0.4, -0.2) is 29.6 Å². The second kappa shape index (κ2) is 7.79. The molecule has 2 amide bonds. The Balaban J connectivity index is 2.62. The number of hydrogen-bond acceptors (Lipinski definition) is 3. The first-order valence-electron chi connectivity index (χ1n) is 7.58. The van der Waals surface area contributed by atoms with Crippen LogP contribution in [0.25, 0.3) is 0 Å². The highest BCUT2D eigenvalue weighted by Crippen LogP contribution is 2.25. The van der Waals surface area contributed by atoms with Crippen LogP contribution in [0.1, 0.15) is 33.3 Å². The molecule has 0 fully saturated rings. The standard InChI is InChI=1S/C17H25ClN2O3/c1-10(2)14(21)17(4,5)9-19-15(22)16(23)20-13-7-6-11(3)8-12(13)18/h6-8,10,14,21H,9H2,1-5H3,(H,19,22)(H,20,23). The van der Waals surface area contributed by atoms with Crippen molar-refractivity contribution < 1.29 is 14.7 Å². The number of rotatable bonds is 5. The summed E-state index contributed by atoms with van der Waals surface area (Å²) in [6, 6.07) is 5.15. The quantitative estimate of drug-likeness (QED) is 0.721. The average Bonchev–Trinajstić information content (AvgIpc) is 2.46. The van der Waals surface area contributed by atoms with Crippen molar-refractivity contribution in [2.75, 3.05) is 11.9 Å². The summed E-state index contributed by atoms with van der Waals surface area (Å²) in [5.74, 6) is -1.49. The van der Waals surface area contributed by atoms with Crippen LogP contribution in [0.4, 0.5) is 5.69 Å². The van der Waals surface area contributed by atoms with Crippen LogP contribution in [0.5, 0.6) is 0 Å². The van der Waals surface area contributed by atoms with E-state index in [9.17, 15) is 14.7 Å². The number of aliphatic hydroxyl groups excluding tert-OH is 1. The van der Waals surface area contributed by atoms with Crippen LogP contribution in [0, 0.1) is 18.3 Å². The number of amides is 2. The molecular weight excluding hydrogens is 316 g/mol. The Morgan fingerprint density at radius 2 is 1.87 bits per heavy atom. The lowest BCUT2D eigenvalue weighted by molar-refractivity contribution is -0.136. The Hall–Kier alpha value is -1.59. The maximum Gasteiger partial charge on any atom is 0.313 e. The summed E-state index contributed by atoms with van der Waals surface area (Å²) >= 11 is 6.02. The van der Waals surface area contributed by atoms with Crippen molar-refractivity contribution in [3.63, 3.8) is 0 Å². The van der Waals surface area contributed by atoms with Gasteiger partial charge in [0.1, 0.15) is 0 Å². The number of aryl methyl sites for hydroxylation is 1. The molecule has 0 spiro atoms. The van der Waals surface area contributed by atoms with Crippen molar-refractivity contribution in [3.8, 4) is 0 Å². The van der Waals surface area contributed by atoms with E-state index in [1.165, 1.54) is 0 Å². The van der Waals surface area contributed by atoms with Crippen molar-refractivity contribution in [1.29, 1.82) is 0 Å². The largest absolute Gasteiger partial charge is 0.392 e. The summed E-state index contributed by atoms with van der Waals surface area (Å²) in [5.41, 5.74) is 0.812. The summed E-state index contributed by atoms with van der Waals surface area (Å²) in [4.78, 5) is 23.8. The van der Waals surface area contributed by atoms with Gasteiger partial charge < -0.3 is 15.7 Å². The van der Waals surface area contributed by atoms with Gasteiger partial charge in [0.25, 0.3) is 0 Å². The van der Waals surface area contributed by atoms with Crippen LogP contribution in [0.3, 0.4) is 0 Å². The predicted octanol–water partition coefficient (Wildman–Crippen LogP) is 2.75. The van der Waals surface area contributed by atoms with Crippen LogP contribution < -0.4 is 10.6 Å². The van der Waals surface area contributed by atoms with Crippen molar-refractivity contribution in [1.82, 2.24) is 5.32 Å². The fourth-order valence-electron chi connectivity index (χ4n) is 2.30. The van der Waals surface area contributed by atoms with Crippen molar-refractivity contribution in [3.05, 3.63) is 28.8 Å². The molecule has 0 aromatic heterocycles. The van der Waals surface area contributed by atoms with E-state index in [1.807, 2.05) is 34.6 Å². The molecule has 0 aliphatic heterocycles. The van der Waals surface area contributed by atoms with Crippen LogP contribution >= 0.6 is 11.6 Å². The van der Waals surface area contributed by atoms with Gasteiger partial charge in [0.15, 0.2) is 0 Å². The van der Waals surface area contributed by atoms with Crippen molar-refractivity contribution in [2.45, 2.75) is 40.7 Å². The van der Waals surface area contributed by atoms with Gasteiger partial charge in [0, 0.05) is 12.0 Å². The molecule has 128 valence electrons. The molecule has 1 rings (SSSR count). The number of anilines is 1. The molecule has 3 N–H and O–H groups in total. The van der Waals surface area contributed by atoms with Crippen LogP contribution in [0.15, 0.2) is 18.2 Å². The molecule has 1 aromatic carbocycles. The van der Waals surface area contributed by atoms with E-state index in [1.54, 1.807) is 18.2 Å². The monoisotopic (exact) mass is 340 g/mol. The maximum atomic E-state index is 11.9. The number of carbonyl (C=O) groups is 2. The normalized spacial score (nSPS) is 12.9. The summed E-state index contributed by atoms with van der Waals surface area (Å²) in [6.45, 7) is 9.56. The minimum Gasteiger partial charge on any atom is -0.392 e.